The highest BCUT2D eigenvalue weighted by molar-refractivity contribution is 6.30. The Labute approximate surface area is 178 Å². The molecule has 3 aromatic heterocycles. The number of anilines is 1. The van der Waals surface area contributed by atoms with Gasteiger partial charge in [-0.05, 0) is 18.2 Å². The molecular formula is C19H14ClF3N6O2. The van der Waals surface area contributed by atoms with Crippen LogP contribution in [0, 0.1) is 0 Å². The first-order valence-corrected chi connectivity index (χ1v) is 9.19. The van der Waals surface area contributed by atoms with Crippen LogP contribution in [-0.2, 0) is 17.6 Å². The van der Waals surface area contributed by atoms with Gasteiger partial charge in [-0.25, -0.2) is 14.2 Å². The molecule has 12 heteroatoms. The van der Waals surface area contributed by atoms with Gasteiger partial charge in [0.05, 0.1) is 23.8 Å². The average Bonchev–Trinajstić information content (AvgIpc) is 3.34. The van der Waals surface area contributed by atoms with Crippen LogP contribution in [0.1, 0.15) is 16.2 Å². The first kappa shape index (κ1) is 20.8. The van der Waals surface area contributed by atoms with Crippen molar-refractivity contribution in [2.75, 3.05) is 12.4 Å². The molecule has 8 nitrogen and oxygen atoms in total. The Hall–Kier alpha value is -3.44. The van der Waals surface area contributed by atoms with Crippen molar-refractivity contribution in [2.45, 2.75) is 12.9 Å². The van der Waals surface area contributed by atoms with E-state index in [1.165, 1.54) is 30.3 Å². The molecule has 1 aromatic carbocycles. The molecule has 0 atom stereocenters. The third kappa shape index (κ3) is 4.37. The van der Waals surface area contributed by atoms with Crippen LogP contribution in [0.2, 0.25) is 5.02 Å². The minimum atomic E-state index is -4.72. The van der Waals surface area contributed by atoms with Crippen LogP contribution in [0.5, 0.6) is 0 Å². The van der Waals surface area contributed by atoms with E-state index in [9.17, 15) is 18.0 Å². The zero-order chi connectivity index (χ0) is 22.2. The second-order valence-electron chi connectivity index (χ2n) is 6.47. The number of ether oxygens (including phenoxy) is 1. The Morgan fingerprint density at radius 2 is 1.97 bits per heavy atom. The number of carbonyl (C=O) groups excluding carboxylic acids is 1. The second-order valence-corrected chi connectivity index (χ2v) is 6.91. The number of rotatable bonds is 5. The number of halogens is 4. The maximum absolute atomic E-state index is 13.7. The normalized spacial score (nSPS) is 11.8. The minimum Gasteiger partial charge on any atom is -0.362 e. The largest absolute Gasteiger partial charge is 0.433 e. The highest BCUT2D eigenvalue weighted by atomic mass is 35.5. The third-order valence-electron chi connectivity index (χ3n) is 4.24. The molecule has 0 saturated carbocycles. The zero-order valence-electron chi connectivity index (χ0n) is 15.9. The van der Waals surface area contributed by atoms with E-state index in [1.807, 2.05) is 0 Å². The molecule has 4 aromatic rings. The maximum atomic E-state index is 13.7. The first-order valence-electron chi connectivity index (χ1n) is 8.81. The van der Waals surface area contributed by atoms with Crippen molar-refractivity contribution in [1.82, 2.24) is 24.4 Å². The lowest BCUT2D eigenvalue weighted by Crippen LogP contribution is -2.15. The molecule has 0 radical (unpaired) electrons. The molecule has 0 fully saturated rings. The van der Waals surface area contributed by atoms with Crippen LogP contribution in [0.25, 0.3) is 16.9 Å². The van der Waals surface area contributed by atoms with Gasteiger partial charge in [0.15, 0.2) is 17.0 Å². The third-order valence-corrected chi connectivity index (χ3v) is 4.49. The molecule has 160 valence electrons. The van der Waals surface area contributed by atoms with Crippen molar-refractivity contribution >= 4 is 28.8 Å². The molecule has 0 saturated heterocycles. The molecule has 31 heavy (non-hydrogen) atoms. The smallest absolute Gasteiger partial charge is 0.362 e. The van der Waals surface area contributed by atoms with Crippen LogP contribution < -0.4 is 5.32 Å². The van der Waals surface area contributed by atoms with Crippen molar-refractivity contribution in [3.05, 3.63) is 65.2 Å². The molecule has 0 aliphatic heterocycles. The molecule has 1 N–H and O–H groups in total. The minimum absolute atomic E-state index is 0.0733. The number of alkyl halides is 3. The number of carbonyl (C=O) groups is 1. The SMILES string of the molecule is COCn1cc(NC(=O)c2cc3nc(-c4ccc(Cl)cc4)cc(C(F)(F)F)n3n2)cn1. The van der Waals surface area contributed by atoms with Gasteiger partial charge in [0.2, 0.25) is 0 Å². The quantitative estimate of drug-likeness (QED) is 0.494. The van der Waals surface area contributed by atoms with Crippen LogP contribution >= 0.6 is 11.6 Å². The van der Waals surface area contributed by atoms with Crippen LogP contribution in [-0.4, -0.2) is 37.4 Å². The number of fused-ring (bicyclic) bond motifs is 1. The fourth-order valence-corrected chi connectivity index (χ4v) is 3.01. The number of benzene rings is 1. The molecule has 0 aliphatic rings. The van der Waals surface area contributed by atoms with Gasteiger partial charge in [-0.1, -0.05) is 23.7 Å². The van der Waals surface area contributed by atoms with Crippen molar-refractivity contribution in [1.29, 1.82) is 0 Å². The van der Waals surface area contributed by atoms with Gasteiger partial charge in [0, 0.05) is 23.8 Å². The monoisotopic (exact) mass is 450 g/mol. The topological polar surface area (TPSA) is 86.3 Å². The average molecular weight is 451 g/mol. The van der Waals surface area contributed by atoms with E-state index in [0.717, 1.165) is 6.07 Å². The fraction of sp³-hybridized carbons (Fsp3) is 0.158. The van der Waals surface area contributed by atoms with Gasteiger partial charge in [-0.2, -0.15) is 23.4 Å². The summed E-state index contributed by atoms with van der Waals surface area (Å²) in [5.74, 6) is -0.705. The standard InChI is InChI=1S/C19H14ClF3N6O2/c1-31-10-28-9-13(8-24-28)25-18(30)15-7-17-26-14(11-2-4-12(20)5-3-11)6-16(19(21,22)23)29(17)27-15/h2-9H,10H2,1H3,(H,25,30). The van der Waals surface area contributed by atoms with Gasteiger partial charge < -0.3 is 10.1 Å². The van der Waals surface area contributed by atoms with E-state index >= 15 is 0 Å². The van der Waals surface area contributed by atoms with Crippen molar-refractivity contribution in [2.24, 2.45) is 0 Å². The molecular weight excluding hydrogens is 437 g/mol. The summed E-state index contributed by atoms with van der Waals surface area (Å²) in [6.07, 6.45) is -1.83. The molecule has 0 spiro atoms. The van der Waals surface area contributed by atoms with Gasteiger partial charge in [-0.15, -0.1) is 0 Å². The Kier molecular flexibility index (Phi) is 5.38. The lowest BCUT2D eigenvalue weighted by molar-refractivity contribution is -0.142. The number of nitrogens with zero attached hydrogens (tertiary/aromatic N) is 5. The van der Waals surface area contributed by atoms with Crippen molar-refractivity contribution < 1.29 is 22.7 Å². The highest BCUT2D eigenvalue weighted by Gasteiger charge is 2.35. The van der Waals surface area contributed by atoms with Gasteiger partial charge in [0.25, 0.3) is 5.91 Å². The number of aromatic nitrogens is 5. The van der Waals surface area contributed by atoms with E-state index in [1.54, 1.807) is 24.3 Å². The molecule has 0 unspecified atom stereocenters. The van der Waals surface area contributed by atoms with Gasteiger partial charge in [0.1, 0.15) is 6.73 Å². The van der Waals surface area contributed by atoms with Crippen molar-refractivity contribution in [3.8, 4) is 11.3 Å². The van der Waals surface area contributed by atoms with Crippen molar-refractivity contribution in [3.63, 3.8) is 0 Å². The Morgan fingerprint density at radius 1 is 1.23 bits per heavy atom. The molecule has 0 aliphatic carbocycles. The summed E-state index contributed by atoms with van der Waals surface area (Å²) in [5, 5.41) is 10.8. The van der Waals surface area contributed by atoms with Crippen LogP contribution in [0.4, 0.5) is 18.9 Å². The summed E-state index contributed by atoms with van der Waals surface area (Å²) in [6, 6.07) is 8.28. The maximum Gasteiger partial charge on any atom is 0.433 e. The lowest BCUT2D eigenvalue weighted by atomic mass is 10.1. The lowest BCUT2D eigenvalue weighted by Gasteiger charge is -2.11. The summed E-state index contributed by atoms with van der Waals surface area (Å²) >= 11 is 5.85. The van der Waals surface area contributed by atoms with E-state index in [4.69, 9.17) is 16.3 Å². The van der Waals surface area contributed by atoms with E-state index in [2.05, 4.69) is 20.5 Å². The van der Waals surface area contributed by atoms with Crippen LogP contribution in [0.3, 0.4) is 0 Å². The van der Waals surface area contributed by atoms with E-state index < -0.39 is 17.8 Å². The molecule has 1 amide bonds. The van der Waals surface area contributed by atoms with Crippen LogP contribution in [0.15, 0.2) is 48.8 Å². The fourth-order valence-electron chi connectivity index (χ4n) is 2.88. The number of amides is 1. The second kappa shape index (κ2) is 8.00. The predicted molar refractivity (Wildman–Crippen MR) is 106 cm³/mol. The summed E-state index contributed by atoms with van der Waals surface area (Å²) in [4.78, 5) is 16.8. The Balaban J connectivity index is 1.72. The highest BCUT2D eigenvalue weighted by Crippen LogP contribution is 2.32. The first-order chi connectivity index (χ1) is 14.7. The molecule has 3 heterocycles. The molecule has 0 bridgehead atoms. The number of hydrogen-bond donors (Lipinski definition) is 1. The summed E-state index contributed by atoms with van der Waals surface area (Å²) in [5.41, 5.74) is -0.565. The van der Waals surface area contributed by atoms with E-state index in [-0.39, 0.29) is 23.8 Å². The zero-order valence-corrected chi connectivity index (χ0v) is 16.6. The number of nitrogens with one attached hydrogen (secondary N) is 1. The number of hydrogen-bond acceptors (Lipinski definition) is 5. The van der Waals surface area contributed by atoms with Gasteiger partial charge >= 0.3 is 6.18 Å². The van der Waals surface area contributed by atoms with E-state index in [0.29, 0.717) is 20.8 Å². The summed E-state index contributed by atoms with van der Waals surface area (Å²) in [7, 11) is 1.49. The molecule has 4 rings (SSSR count). The summed E-state index contributed by atoms with van der Waals surface area (Å²) < 4.78 is 48.0. The summed E-state index contributed by atoms with van der Waals surface area (Å²) in [6.45, 7) is 0.177. The van der Waals surface area contributed by atoms with Gasteiger partial charge in [-0.3, -0.25) is 4.79 Å². The predicted octanol–water partition coefficient (Wildman–Crippen LogP) is 4.12. The Morgan fingerprint density at radius 3 is 2.65 bits per heavy atom. The Bertz CT molecular complexity index is 1250. The number of methoxy groups -OCH3 is 1.